The summed E-state index contributed by atoms with van der Waals surface area (Å²) in [5.74, 6) is 0. The fourth-order valence-electron chi connectivity index (χ4n) is 7.14. The van der Waals surface area contributed by atoms with Crippen LogP contribution in [0.25, 0.3) is 59.1 Å². The number of nitrogens with zero attached hydrogens (tertiary/aromatic N) is 2. The average Bonchev–Trinajstić information content (AvgIpc) is 3.69. The maximum Gasteiger partial charge on any atom is 0.0727 e. The molecule has 0 unspecified atom stereocenters. The summed E-state index contributed by atoms with van der Waals surface area (Å²) in [7, 11) is 0. The molecule has 48 heavy (non-hydrogen) atoms. The van der Waals surface area contributed by atoms with Crippen molar-refractivity contribution in [2.45, 2.75) is 9.79 Å². The first-order chi connectivity index (χ1) is 23.8. The van der Waals surface area contributed by atoms with E-state index in [1.54, 1.807) is 0 Å². The van der Waals surface area contributed by atoms with Crippen LogP contribution >= 0.6 is 23.1 Å². The minimum Gasteiger partial charge on any atom is -0.308 e. The second-order valence-electron chi connectivity index (χ2n) is 12.2. The lowest BCUT2D eigenvalue weighted by atomic mass is 10.0. The maximum absolute atomic E-state index is 2.43. The van der Waals surface area contributed by atoms with Crippen LogP contribution < -0.4 is 4.90 Å². The first kappa shape index (κ1) is 27.6. The van der Waals surface area contributed by atoms with Crippen molar-refractivity contribution < 1.29 is 0 Å². The summed E-state index contributed by atoms with van der Waals surface area (Å²) in [5, 5.41) is 2.60. The lowest BCUT2D eigenvalue weighted by Crippen LogP contribution is -2.14. The van der Waals surface area contributed by atoms with Gasteiger partial charge in [0.2, 0.25) is 0 Å². The number of para-hydroxylation sites is 2. The number of anilines is 3. The molecule has 3 heterocycles. The number of thiophene rings is 1. The lowest BCUT2D eigenvalue weighted by molar-refractivity contribution is 1.17. The smallest absolute Gasteiger partial charge is 0.0727 e. The van der Waals surface area contributed by atoms with E-state index in [2.05, 4.69) is 179 Å². The van der Waals surface area contributed by atoms with Crippen molar-refractivity contribution in [2.75, 3.05) is 4.90 Å². The first-order valence-electron chi connectivity index (χ1n) is 16.2. The van der Waals surface area contributed by atoms with Crippen molar-refractivity contribution >= 4 is 71.4 Å². The molecule has 0 aliphatic carbocycles. The Labute approximate surface area is 287 Å². The molecule has 1 aliphatic rings. The number of benzene rings is 7. The third-order valence-corrected chi connectivity index (χ3v) is 11.7. The minimum atomic E-state index is 1.16. The minimum absolute atomic E-state index is 1.16. The Morgan fingerprint density at radius 1 is 0.417 bits per heavy atom. The maximum atomic E-state index is 2.43. The van der Waals surface area contributed by atoms with Gasteiger partial charge < -0.3 is 9.47 Å². The molecule has 0 bridgehead atoms. The molecule has 0 saturated heterocycles. The Bertz CT molecular complexity index is 2630. The Morgan fingerprint density at radius 3 is 1.92 bits per heavy atom. The van der Waals surface area contributed by atoms with Crippen molar-refractivity contribution in [2.24, 2.45) is 0 Å². The molecule has 0 radical (unpaired) electrons. The quantitative estimate of drug-likeness (QED) is 0.188. The summed E-state index contributed by atoms with van der Waals surface area (Å²) in [6.07, 6.45) is 0. The van der Waals surface area contributed by atoms with E-state index >= 15 is 0 Å². The highest BCUT2D eigenvalue weighted by Crippen LogP contribution is 2.52. The predicted molar refractivity (Wildman–Crippen MR) is 206 cm³/mol. The van der Waals surface area contributed by atoms with Gasteiger partial charge in [0.15, 0.2) is 0 Å². The van der Waals surface area contributed by atoms with Gasteiger partial charge >= 0.3 is 0 Å². The lowest BCUT2D eigenvalue weighted by Gasteiger charge is -2.33. The summed E-state index contributed by atoms with van der Waals surface area (Å²) in [6.45, 7) is 0. The SMILES string of the molecule is c1ccc(-c2ccc3c(c2)Sc2ccccc2N3c2ccc(-c3ccc4c(c3)c3sc5ccccc5c3n4-c3ccccc3)cc2)cc1. The van der Waals surface area contributed by atoms with Crippen LogP contribution in [-0.2, 0) is 0 Å². The van der Waals surface area contributed by atoms with E-state index < -0.39 is 0 Å². The molecule has 2 aromatic heterocycles. The molecular weight excluding hydrogens is 621 g/mol. The fraction of sp³-hybridized carbons (Fsp3) is 0. The summed E-state index contributed by atoms with van der Waals surface area (Å²) in [5.41, 5.74) is 12.2. The Hall–Kier alpha value is -5.55. The van der Waals surface area contributed by atoms with Crippen molar-refractivity contribution in [3.05, 3.63) is 170 Å². The normalized spacial score (nSPS) is 12.5. The van der Waals surface area contributed by atoms with Gasteiger partial charge in [0.25, 0.3) is 0 Å². The van der Waals surface area contributed by atoms with E-state index in [0.29, 0.717) is 0 Å². The number of rotatable bonds is 4. The second-order valence-corrected chi connectivity index (χ2v) is 14.3. The molecule has 0 amide bonds. The predicted octanol–water partition coefficient (Wildman–Crippen LogP) is 13.3. The highest BCUT2D eigenvalue weighted by Gasteiger charge is 2.25. The van der Waals surface area contributed by atoms with Crippen LogP contribution in [0.4, 0.5) is 17.1 Å². The Balaban J connectivity index is 1.08. The molecule has 0 saturated carbocycles. The van der Waals surface area contributed by atoms with E-state index in [9.17, 15) is 0 Å². The van der Waals surface area contributed by atoms with Gasteiger partial charge in [-0.05, 0) is 89.0 Å². The van der Waals surface area contributed by atoms with Crippen LogP contribution in [0.5, 0.6) is 0 Å². The van der Waals surface area contributed by atoms with Crippen LogP contribution in [0.3, 0.4) is 0 Å². The molecule has 0 spiro atoms. The molecule has 1 aliphatic heterocycles. The molecule has 9 aromatic rings. The van der Waals surface area contributed by atoms with Gasteiger partial charge in [-0.3, -0.25) is 0 Å². The van der Waals surface area contributed by atoms with Gasteiger partial charge in [0.1, 0.15) is 0 Å². The highest BCUT2D eigenvalue weighted by atomic mass is 32.2. The highest BCUT2D eigenvalue weighted by molar-refractivity contribution is 7.99. The van der Waals surface area contributed by atoms with Crippen molar-refractivity contribution in [3.8, 4) is 27.9 Å². The fourth-order valence-corrected chi connectivity index (χ4v) is 9.45. The number of aromatic nitrogens is 1. The van der Waals surface area contributed by atoms with Crippen molar-refractivity contribution in [1.29, 1.82) is 0 Å². The standard InChI is InChI=1S/C44H28N2S2/c1-3-11-29(12-4-1)32-22-26-39-42(28-32)47-41-18-10-8-16-38(41)45(39)34-23-19-30(20-24-34)31-21-25-37-36(27-31)44-43(35-15-7-9-17-40(35)48-44)46(37)33-13-5-2-6-14-33/h1-28H. The molecule has 4 heteroatoms. The Morgan fingerprint density at radius 2 is 1.06 bits per heavy atom. The van der Waals surface area contributed by atoms with E-state index in [4.69, 9.17) is 0 Å². The van der Waals surface area contributed by atoms with Gasteiger partial charge in [0.05, 0.1) is 27.1 Å². The summed E-state index contributed by atoms with van der Waals surface area (Å²) >= 11 is 3.74. The number of hydrogen-bond acceptors (Lipinski definition) is 3. The van der Waals surface area contributed by atoms with Gasteiger partial charge in [-0.1, -0.05) is 115 Å². The largest absolute Gasteiger partial charge is 0.308 e. The van der Waals surface area contributed by atoms with Crippen LogP contribution in [0.15, 0.2) is 180 Å². The van der Waals surface area contributed by atoms with E-state index in [-0.39, 0.29) is 0 Å². The van der Waals surface area contributed by atoms with Crippen LogP contribution in [-0.4, -0.2) is 4.57 Å². The van der Waals surface area contributed by atoms with Crippen LogP contribution in [0, 0.1) is 0 Å². The Kier molecular flexibility index (Phi) is 6.33. The molecule has 10 rings (SSSR count). The van der Waals surface area contributed by atoms with Gasteiger partial charge in [-0.15, -0.1) is 11.3 Å². The van der Waals surface area contributed by atoms with E-state index in [1.165, 1.54) is 80.3 Å². The molecule has 7 aromatic carbocycles. The zero-order chi connectivity index (χ0) is 31.6. The molecular formula is C44H28N2S2. The molecule has 0 N–H and O–H groups in total. The van der Waals surface area contributed by atoms with E-state index in [0.717, 1.165) is 5.69 Å². The van der Waals surface area contributed by atoms with Crippen molar-refractivity contribution in [3.63, 3.8) is 0 Å². The average molecular weight is 649 g/mol. The summed E-state index contributed by atoms with van der Waals surface area (Å²) in [6, 6.07) is 61.8. The third-order valence-electron chi connectivity index (χ3n) is 9.38. The molecule has 0 atom stereocenters. The third kappa shape index (κ3) is 4.34. The first-order valence-corrected chi connectivity index (χ1v) is 17.8. The zero-order valence-electron chi connectivity index (χ0n) is 25.9. The number of hydrogen-bond donors (Lipinski definition) is 0. The topological polar surface area (TPSA) is 8.17 Å². The molecule has 2 nitrogen and oxygen atoms in total. The van der Waals surface area contributed by atoms with Crippen LogP contribution in [0.1, 0.15) is 0 Å². The van der Waals surface area contributed by atoms with Gasteiger partial charge in [-0.25, -0.2) is 0 Å². The van der Waals surface area contributed by atoms with E-state index in [1.807, 2.05) is 23.1 Å². The van der Waals surface area contributed by atoms with Gasteiger partial charge in [-0.2, -0.15) is 0 Å². The number of fused-ring (bicyclic) bond motifs is 7. The summed E-state index contributed by atoms with van der Waals surface area (Å²) < 4.78 is 5.09. The van der Waals surface area contributed by atoms with Gasteiger partial charge in [0, 0.05) is 36.6 Å². The summed E-state index contributed by atoms with van der Waals surface area (Å²) in [4.78, 5) is 4.93. The second kappa shape index (κ2) is 11.0. The molecule has 0 fully saturated rings. The van der Waals surface area contributed by atoms with Crippen molar-refractivity contribution in [1.82, 2.24) is 4.57 Å². The molecule has 226 valence electrons. The monoisotopic (exact) mass is 648 g/mol. The zero-order valence-corrected chi connectivity index (χ0v) is 27.5. The van der Waals surface area contributed by atoms with Crippen LogP contribution in [0.2, 0.25) is 0 Å².